The molecule has 0 aliphatic carbocycles. The minimum absolute atomic E-state index is 0.0691. The van der Waals surface area contributed by atoms with Crippen molar-refractivity contribution < 1.29 is 14.2 Å². The van der Waals surface area contributed by atoms with Crippen LogP contribution in [0.1, 0.15) is 5.56 Å². The third-order valence-corrected chi connectivity index (χ3v) is 3.30. The smallest absolute Gasteiger partial charge is 0.122 e. The Kier molecular flexibility index (Phi) is 3.54. The van der Waals surface area contributed by atoms with Crippen LogP contribution in [0.3, 0.4) is 0 Å². The van der Waals surface area contributed by atoms with E-state index in [0.29, 0.717) is 6.54 Å². The van der Waals surface area contributed by atoms with Crippen molar-refractivity contribution in [1.82, 2.24) is 0 Å². The summed E-state index contributed by atoms with van der Waals surface area (Å²) in [4.78, 5) is 0. The highest BCUT2D eigenvalue weighted by Crippen LogP contribution is 2.35. The molecule has 0 saturated carbocycles. The number of hydrogen-bond donors (Lipinski definition) is 1. The summed E-state index contributed by atoms with van der Waals surface area (Å²) in [5.41, 5.74) is 7.02. The summed E-state index contributed by atoms with van der Waals surface area (Å²) in [5.74, 6) is 1.72. The molecule has 1 aliphatic rings. The summed E-state index contributed by atoms with van der Waals surface area (Å²) < 4.78 is 15.9. The molecule has 1 aliphatic heterocycles. The van der Waals surface area contributed by atoms with Crippen LogP contribution in [-0.2, 0) is 11.2 Å². The van der Waals surface area contributed by atoms with Crippen LogP contribution in [0.25, 0.3) is 0 Å². The third kappa shape index (κ3) is 2.37. The molecule has 94 valence electrons. The maximum absolute atomic E-state index is 5.83. The summed E-state index contributed by atoms with van der Waals surface area (Å²) in [6.07, 6.45) is 0.865. The summed E-state index contributed by atoms with van der Waals surface area (Å²) in [6, 6.07) is 5.83. The predicted molar refractivity (Wildman–Crippen MR) is 65.6 cm³/mol. The molecule has 0 aromatic heterocycles. The summed E-state index contributed by atoms with van der Waals surface area (Å²) in [7, 11) is 3.34. The highest BCUT2D eigenvalue weighted by atomic mass is 16.5. The Morgan fingerprint density at radius 3 is 2.53 bits per heavy atom. The van der Waals surface area contributed by atoms with Crippen LogP contribution in [0.4, 0.5) is 0 Å². The summed E-state index contributed by atoms with van der Waals surface area (Å²) in [5, 5.41) is 0. The van der Waals surface area contributed by atoms with Gasteiger partial charge < -0.3 is 19.9 Å². The lowest BCUT2D eigenvalue weighted by Gasteiger charge is -2.40. The molecule has 0 radical (unpaired) electrons. The van der Waals surface area contributed by atoms with Gasteiger partial charge in [0.05, 0.1) is 27.4 Å². The van der Waals surface area contributed by atoms with Crippen LogP contribution >= 0.6 is 0 Å². The second kappa shape index (κ2) is 4.94. The zero-order valence-electron chi connectivity index (χ0n) is 10.4. The van der Waals surface area contributed by atoms with Crippen LogP contribution < -0.4 is 15.2 Å². The van der Waals surface area contributed by atoms with Crippen LogP contribution in [0.2, 0.25) is 0 Å². The van der Waals surface area contributed by atoms with Gasteiger partial charge in [0.1, 0.15) is 11.5 Å². The van der Waals surface area contributed by atoms with Crippen molar-refractivity contribution in [2.75, 3.05) is 34.0 Å². The van der Waals surface area contributed by atoms with E-state index < -0.39 is 0 Å². The van der Waals surface area contributed by atoms with E-state index >= 15 is 0 Å². The van der Waals surface area contributed by atoms with Crippen molar-refractivity contribution in [2.45, 2.75) is 6.42 Å². The summed E-state index contributed by atoms with van der Waals surface area (Å²) in [6.45, 7) is 2.08. The van der Waals surface area contributed by atoms with Crippen LogP contribution in [-0.4, -0.2) is 34.0 Å². The predicted octanol–water partition coefficient (Wildman–Crippen LogP) is 1.22. The van der Waals surface area contributed by atoms with Gasteiger partial charge in [0, 0.05) is 12.0 Å². The van der Waals surface area contributed by atoms with Gasteiger partial charge in [-0.3, -0.25) is 0 Å². The maximum atomic E-state index is 5.83. The molecule has 0 spiro atoms. The van der Waals surface area contributed by atoms with Gasteiger partial charge in [-0.25, -0.2) is 0 Å². The monoisotopic (exact) mass is 237 g/mol. The molecule has 4 heteroatoms. The molecule has 0 atom stereocenters. The first kappa shape index (κ1) is 12.2. The zero-order valence-corrected chi connectivity index (χ0v) is 10.4. The van der Waals surface area contributed by atoms with E-state index in [1.807, 2.05) is 18.2 Å². The summed E-state index contributed by atoms with van der Waals surface area (Å²) >= 11 is 0. The zero-order chi connectivity index (χ0) is 12.3. The van der Waals surface area contributed by atoms with Crippen molar-refractivity contribution in [3.8, 4) is 11.5 Å². The van der Waals surface area contributed by atoms with Crippen LogP contribution in [0, 0.1) is 5.41 Å². The topological polar surface area (TPSA) is 53.7 Å². The fourth-order valence-electron chi connectivity index (χ4n) is 2.11. The molecule has 4 nitrogen and oxygen atoms in total. The molecule has 1 aromatic rings. The van der Waals surface area contributed by atoms with Gasteiger partial charge in [-0.2, -0.15) is 0 Å². The Hall–Kier alpha value is -1.26. The minimum Gasteiger partial charge on any atom is -0.497 e. The highest BCUT2D eigenvalue weighted by molar-refractivity contribution is 5.41. The van der Waals surface area contributed by atoms with E-state index in [0.717, 1.165) is 36.7 Å². The first-order valence-corrected chi connectivity index (χ1v) is 5.72. The lowest BCUT2D eigenvalue weighted by Crippen LogP contribution is -2.49. The third-order valence-electron chi connectivity index (χ3n) is 3.30. The fourth-order valence-corrected chi connectivity index (χ4v) is 2.11. The lowest BCUT2D eigenvalue weighted by molar-refractivity contribution is -0.106. The van der Waals surface area contributed by atoms with Crippen molar-refractivity contribution in [3.63, 3.8) is 0 Å². The number of rotatable bonds is 5. The van der Waals surface area contributed by atoms with Crippen molar-refractivity contribution in [2.24, 2.45) is 11.1 Å². The van der Waals surface area contributed by atoms with E-state index in [1.165, 1.54) is 0 Å². The first-order chi connectivity index (χ1) is 8.23. The van der Waals surface area contributed by atoms with Gasteiger partial charge in [0.15, 0.2) is 0 Å². The minimum atomic E-state index is 0.0691. The number of nitrogens with two attached hydrogens (primary N) is 1. The molecule has 0 bridgehead atoms. The molecule has 2 N–H and O–H groups in total. The average Bonchev–Trinajstić information content (AvgIpc) is 2.33. The largest absolute Gasteiger partial charge is 0.497 e. The van der Waals surface area contributed by atoms with Gasteiger partial charge >= 0.3 is 0 Å². The van der Waals surface area contributed by atoms with Gasteiger partial charge in [-0.05, 0) is 30.2 Å². The molecule has 0 amide bonds. The van der Waals surface area contributed by atoms with E-state index in [9.17, 15) is 0 Å². The fraction of sp³-hybridized carbons (Fsp3) is 0.538. The van der Waals surface area contributed by atoms with E-state index in [2.05, 4.69) is 0 Å². The SMILES string of the molecule is COc1ccc(OC)c(CC2(CN)COC2)c1. The van der Waals surface area contributed by atoms with Gasteiger partial charge in [-0.15, -0.1) is 0 Å². The molecule has 2 rings (SSSR count). The molecular formula is C13H19NO3. The molecule has 1 saturated heterocycles. The number of ether oxygens (including phenoxy) is 3. The van der Waals surface area contributed by atoms with E-state index in [1.54, 1.807) is 14.2 Å². The molecule has 1 fully saturated rings. The van der Waals surface area contributed by atoms with E-state index in [-0.39, 0.29) is 5.41 Å². The highest BCUT2D eigenvalue weighted by Gasteiger charge is 2.38. The maximum Gasteiger partial charge on any atom is 0.122 e. The molecule has 17 heavy (non-hydrogen) atoms. The van der Waals surface area contributed by atoms with Gasteiger partial charge in [-0.1, -0.05) is 0 Å². The van der Waals surface area contributed by atoms with Crippen molar-refractivity contribution in [3.05, 3.63) is 23.8 Å². The lowest BCUT2D eigenvalue weighted by atomic mass is 9.79. The quantitative estimate of drug-likeness (QED) is 0.836. The normalized spacial score (nSPS) is 17.4. The Balaban J connectivity index is 2.23. The van der Waals surface area contributed by atoms with E-state index in [4.69, 9.17) is 19.9 Å². The van der Waals surface area contributed by atoms with Crippen molar-refractivity contribution >= 4 is 0 Å². The second-order valence-corrected chi connectivity index (χ2v) is 4.55. The standard InChI is InChI=1S/C13H19NO3/c1-15-11-3-4-12(16-2)10(5-11)6-13(7-14)8-17-9-13/h3-5H,6-9,14H2,1-2H3. The van der Waals surface area contributed by atoms with Crippen LogP contribution in [0.15, 0.2) is 18.2 Å². The Morgan fingerprint density at radius 1 is 1.29 bits per heavy atom. The van der Waals surface area contributed by atoms with Gasteiger partial charge in [0.2, 0.25) is 0 Å². The Labute approximate surface area is 102 Å². The van der Waals surface area contributed by atoms with Crippen molar-refractivity contribution in [1.29, 1.82) is 0 Å². The number of hydrogen-bond acceptors (Lipinski definition) is 4. The van der Waals surface area contributed by atoms with Gasteiger partial charge in [0.25, 0.3) is 0 Å². The first-order valence-electron chi connectivity index (χ1n) is 5.72. The number of methoxy groups -OCH3 is 2. The number of benzene rings is 1. The molecule has 1 heterocycles. The van der Waals surface area contributed by atoms with Crippen LogP contribution in [0.5, 0.6) is 11.5 Å². The molecular weight excluding hydrogens is 218 g/mol. The Bertz CT molecular complexity index is 383. The second-order valence-electron chi connectivity index (χ2n) is 4.55. The average molecular weight is 237 g/mol. The Morgan fingerprint density at radius 2 is 2.06 bits per heavy atom. The molecule has 1 aromatic carbocycles. The molecule has 0 unspecified atom stereocenters.